The largest absolute Gasteiger partial charge is 0.472 e. The first-order chi connectivity index (χ1) is 8.70. The summed E-state index contributed by atoms with van der Waals surface area (Å²) in [6.07, 6.45) is 2.04. The van der Waals surface area contributed by atoms with Crippen molar-refractivity contribution in [3.63, 3.8) is 0 Å². The van der Waals surface area contributed by atoms with Gasteiger partial charge in [0.05, 0.1) is 18.1 Å². The van der Waals surface area contributed by atoms with Gasteiger partial charge in [0.25, 0.3) is 5.88 Å². The Labute approximate surface area is 103 Å². The second kappa shape index (κ2) is 5.58. The van der Waals surface area contributed by atoms with E-state index in [4.69, 9.17) is 9.47 Å². The summed E-state index contributed by atoms with van der Waals surface area (Å²) in [7, 11) is 1.63. The van der Waals surface area contributed by atoms with E-state index in [0.29, 0.717) is 25.8 Å². The monoisotopic (exact) mass is 254 g/mol. The van der Waals surface area contributed by atoms with Crippen LogP contribution >= 0.6 is 0 Å². The van der Waals surface area contributed by atoms with Crippen LogP contribution in [0.15, 0.2) is 6.20 Å². The van der Waals surface area contributed by atoms with Crippen molar-refractivity contribution < 1.29 is 14.4 Å². The van der Waals surface area contributed by atoms with Crippen molar-refractivity contribution in [2.24, 2.45) is 5.92 Å². The molecule has 8 nitrogen and oxygen atoms in total. The number of aromatic nitrogens is 2. The summed E-state index contributed by atoms with van der Waals surface area (Å²) in [6.45, 7) is 1.69. The fourth-order valence-electron chi connectivity index (χ4n) is 1.62. The third-order valence-corrected chi connectivity index (χ3v) is 2.64. The van der Waals surface area contributed by atoms with Gasteiger partial charge in [-0.2, -0.15) is 4.98 Å². The van der Waals surface area contributed by atoms with Crippen molar-refractivity contribution >= 4 is 11.6 Å². The molecular formula is C10H14N4O4. The summed E-state index contributed by atoms with van der Waals surface area (Å²) in [4.78, 5) is 18.0. The highest BCUT2D eigenvalue weighted by atomic mass is 16.6. The lowest BCUT2D eigenvalue weighted by atomic mass is 10.1. The SMILES string of the molecule is CNc1ncc([N+](=O)[O-])c(OCC2CCOC2)n1. The molecule has 0 bridgehead atoms. The first-order valence-corrected chi connectivity index (χ1v) is 5.60. The molecule has 0 saturated carbocycles. The topological polar surface area (TPSA) is 99.4 Å². The van der Waals surface area contributed by atoms with Crippen molar-refractivity contribution in [2.45, 2.75) is 6.42 Å². The van der Waals surface area contributed by atoms with E-state index in [0.717, 1.165) is 12.6 Å². The summed E-state index contributed by atoms with van der Waals surface area (Å²) >= 11 is 0. The minimum absolute atomic E-state index is 0.00810. The van der Waals surface area contributed by atoms with Crippen LogP contribution in [-0.2, 0) is 4.74 Å². The Morgan fingerprint density at radius 1 is 1.72 bits per heavy atom. The maximum Gasteiger partial charge on any atom is 0.349 e. The van der Waals surface area contributed by atoms with E-state index in [9.17, 15) is 10.1 Å². The van der Waals surface area contributed by atoms with Gasteiger partial charge in [-0.25, -0.2) is 4.98 Å². The fourth-order valence-corrected chi connectivity index (χ4v) is 1.62. The van der Waals surface area contributed by atoms with E-state index in [2.05, 4.69) is 15.3 Å². The number of nitrogens with one attached hydrogen (secondary N) is 1. The molecule has 1 aliphatic heterocycles. The van der Waals surface area contributed by atoms with Crippen molar-refractivity contribution in [1.82, 2.24) is 9.97 Å². The highest BCUT2D eigenvalue weighted by molar-refractivity contribution is 5.42. The number of ether oxygens (including phenoxy) is 2. The molecule has 1 fully saturated rings. The highest BCUT2D eigenvalue weighted by Gasteiger charge is 2.22. The fraction of sp³-hybridized carbons (Fsp3) is 0.600. The molecular weight excluding hydrogens is 240 g/mol. The number of hydrogen-bond acceptors (Lipinski definition) is 7. The maximum atomic E-state index is 10.8. The van der Waals surface area contributed by atoms with Crippen LogP contribution in [0.4, 0.5) is 11.6 Å². The van der Waals surface area contributed by atoms with Gasteiger partial charge in [0.15, 0.2) is 0 Å². The van der Waals surface area contributed by atoms with Crippen LogP contribution in [0.25, 0.3) is 0 Å². The lowest BCUT2D eigenvalue weighted by Crippen LogP contribution is -2.13. The number of hydrogen-bond donors (Lipinski definition) is 1. The van der Waals surface area contributed by atoms with Gasteiger partial charge in [-0.3, -0.25) is 10.1 Å². The van der Waals surface area contributed by atoms with E-state index in [-0.39, 0.29) is 17.5 Å². The molecule has 98 valence electrons. The van der Waals surface area contributed by atoms with E-state index in [1.807, 2.05) is 0 Å². The number of nitrogens with zero attached hydrogens (tertiary/aromatic N) is 3. The molecule has 0 spiro atoms. The van der Waals surface area contributed by atoms with Crippen LogP contribution in [0.1, 0.15) is 6.42 Å². The average Bonchev–Trinajstić information content (AvgIpc) is 2.88. The Morgan fingerprint density at radius 2 is 2.56 bits per heavy atom. The summed E-state index contributed by atoms with van der Waals surface area (Å²) in [5.41, 5.74) is -0.229. The van der Waals surface area contributed by atoms with Gasteiger partial charge < -0.3 is 14.8 Å². The van der Waals surface area contributed by atoms with Crippen LogP contribution in [0.2, 0.25) is 0 Å². The minimum Gasteiger partial charge on any atom is -0.472 e. The first kappa shape index (κ1) is 12.5. The Bertz CT molecular complexity index is 434. The van der Waals surface area contributed by atoms with Crippen LogP contribution in [0.3, 0.4) is 0 Å². The molecule has 2 heterocycles. The van der Waals surface area contributed by atoms with Gasteiger partial charge in [0.1, 0.15) is 6.20 Å². The molecule has 0 amide bonds. The zero-order valence-corrected chi connectivity index (χ0v) is 9.96. The van der Waals surface area contributed by atoms with E-state index >= 15 is 0 Å². The number of anilines is 1. The predicted molar refractivity (Wildman–Crippen MR) is 62.7 cm³/mol. The summed E-state index contributed by atoms with van der Waals surface area (Å²) < 4.78 is 10.6. The normalized spacial score (nSPS) is 18.6. The van der Waals surface area contributed by atoms with Gasteiger partial charge in [-0.1, -0.05) is 0 Å². The van der Waals surface area contributed by atoms with E-state index < -0.39 is 4.92 Å². The molecule has 18 heavy (non-hydrogen) atoms. The standard InChI is InChI=1S/C10H14N4O4/c1-11-10-12-4-8(14(15)16)9(13-10)18-6-7-2-3-17-5-7/h4,7H,2-3,5-6H2,1H3,(H,11,12,13). The molecule has 1 aromatic rings. The van der Waals surface area contributed by atoms with Crippen molar-refractivity contribution in [1.29, 1.82) is 0 Å². The number of nitro groups is 1. The molecule has 1 N–H and O–H groups in total. The second-order valence-electron chi connectivity index (χ2n) is 3.93. The quantitative estimate of drug-likeness (QED) is 0.613. The summed E-state index contributed by atoms with van der Waals surface area (Å²) in [5.74, 6) is 0.544. The van der Waals surface area contributed by atoms with Crippen molar-refractivity contribution in [2.75, 3.05) is 32.2 Å². The average molecular weight is 254 g/mol. The lowest BCUT2D eigenvalue weighted by molar-refractivity contribution is -0.386. The van der Waals surface area contributed by atoms with Crippen LogP contribution in [0.5, 0.6) is 5.88 Å². The Kier molecular flexibility index (Phi) is 3.88. The third-order valence-electron chi connectivity index (χ3n) is 2.64. The molecule has 8 heteroatoms. The van der Waals surface area contributed by atoms with Gasteiger partial charge in [0.2, 0.25) is 5.95 Å². The number of rotatable bonds is 5. The lowest BCUT2D eigenvalue weighted by Gasteiger charge is -2.10. The Hall–Kier alpha value is -1.96. The molecule has 1 saturated heterocycles. The smallest absolute Gasteiger partial charge is 0.349 e. The second-order valence-corrected chi connectivity index (χ2v) is 3.93. The van der Waals surface area contributed by atoms with Crippen LogP contribution in [-0.4, -0.2) is 41.8 Å². The van der Waals surface area contributed by atoms with Gasteiger partial charge >= 0.3 is 5.69 Å². The maximum absolute atomic E-state index is 10.8. The predicted octanol–water partition coefficient (Wildman–Crippen LogP) is 0.842. The molecule has 0 radical (unpaired) electrons. The van der Waals surface area contributed by atoms with Crippen molar-refractivity contribution in [3.8, 4) is 5.88 Å². The molecule has 1 atom stereocenters. The summed E-state index contributed by atoms with van der Waals surface area (Å²) in [6, 6.07) is 0. The van der Waals surface area contributed by atoms with Gasteiger partial charge in [-0.15, -0.1) is 0 Å². The van der Waals surface area contributed by atoms with Gasteiger partial charge in [0, 0.05) is 19.6 Å². The van der Waals surface area contributed by atoms with Crippen molar-refractivity contribution in [3.05, 3.63) is 16.3 Å². The van der Waals surface area contributed by atoms with Crippen LogP contribution in [0, 0.1) is 16.0 Å². The van der Waals surface area contributed by atoms with Gasteiger partial charge in [-0.05, 0) is 6.42 Å². The Balaban J connectivity index is 2.10. The first-order valence-electron chi connectivity index (χ1n) is 5.60. The zero-order valence-electron chi connectivity index (χ0n) is 9.96. The molecule has 0 aromatic carbocycles. The zero-order chi connectivity index (χ0) is 13.0. The molecule has 0 aliphatic carbocycles. The summed E-state index contributed by atoms with van der Waals surface area (Å²) in [5, 5.41) is 13.5. The third kappa shape index (κ3) is 2.83. The molecule has 1 aliphatic rings. The van der Waals surface area contributed by atoms with E-state index in [1.54, 1.807) is 7.05 Å². The molecule has 1 aromatic heterocycles. The molecule has 1 unspecified atom stereocenters. The van der Waals surface area contributed by atoms with Crippen LogP contribution < -0.4 is 10.1 Å². The van der Waals surface area contributed by atoms with E-state index in [1.165, 1.54) is 0 Å². The minimum atomic E-state index is -0.556. The Morgan fingerprint density at radius 3 is 3.17 bits per heavy atom. The molecule has 2 rings (SSSR count). The highest BCUT2D eigenvalue weighted by Crippen LogP contribution is 2.25.